The molecule has 1 aliphatic heterocycles. The molecule has 124 valence electrons. The first-order valence-corrected chi connectivity index (χ1v) is 7.96. The summed E-state index contributed by atoms with van der Waals surface area (Å²) in [5.41, 5.74) is 1.78. The Hall–Kier alpha value is -2.82. The SMILES string of the molecule is COc1cccc(CNC(=O)[C@H]2CCN(c3ccccc3)C2=O)c1. The zero-order chi connectivity index (χ0) is 16.9. The van der Waals surface area contributed by atoms with Crippen molar-refractivity contribution in [2.75, 3.05) is 18.6 Å². The Morgan fingerprint density at radius 1 is 1.21 bits per heavy atom. The second-order valence-electron chi connectivity index (χ2n) is 5.74. The molecule has 0 aliphatic carbocycles. The van der Waals surface area contributed by atoms with Crippen molar-refractivity contribution >= 4 is 17.5 Å². The minimum absolute atomic E-state index is 0.135. The summed E-state index contributed by atoms with van der Waals surface area (Å²) in [5.74, 6) is -0.227. The van der Waals surface area contributed by atoms with Crippen molar-refractivity contribution in [1.82, 2.24) is 5.32 Å². The van der Waals surface area contributed by atoms with E-state index in [9.17, 15) is 9.59 Å². The number of benzene rings is 2. The third kappa shape index (κ3) is 3.40. The normalized spacial score (nSPS) is 17.0. The van der Waals surface area contributed by atoms with E-state index in [-0.39, 0.29) is 11.8 Å². The highest BCUT2D eigenvalue weighted by atomic mass is 16.5. The number of carbonyl (C=O) groups is 2. The van der Waals surface area contributed by atoms with Crippen LogP contribution in [-0.4, -0.2) is 25.5 Å². The molecular formula is C19H20N2O3. The highest BCUT2D eigenvalue weighted by molar-refractivity contribution is 6.09. The molecule has 0 aromatic heterocycles. The summed E-state index contributed by atoms with van der Waals surface area (Å²) in [4.78, 5) is 26.6. The van der Waals surface area contributed by atoms with E-state index in [2.05, 4.69) is 5.32 Å². The smallest absolute Gasteiger partial charge is 0.239 e. The lowest BCUT2D eigenvalue weighted by atomic mass is 10.1. The molecule has 0 spiro atoms. The van der Waals surface area contributed by atoms with E-state index in [4.69, 9.17) is 4.74 Å². The molecule has 1 aliphatic rings. The third-order valence-electron chi connectivity index (χ3n) is 4.19. The summed E-state index contributed by atoms with van der Waals surface area (Å²) < 4.78 is 5.17. The van der Waals surface area contributed by atoms with E-state index >= 15 is 0 Å². The monoisotopic (exact) mass is 324 g/mol. The van der Waals surface area contributed by atoms with E-state index < -0.39 is 5.92 Å². The molecule has 5 nitrogen and oxygen atoms in total. The van der Waals surface area contributed by atoms with E-state index in [1.807, 2.05) is 54.6 Å². The summed E-state index contributed by atoms with van der Waals surface area (Å²) in [7, 11) is 1.60. The molecule has 24 heavy (non-hydrogen) atoms. The van der Waals surface area contributed by atoms with Gasteiger partial charge in [-0.15, -0.1) is 0 Å². The van der Waals surface area contributed by atoms with Gasteiger partial charge in [-0.25, -0.2) is 0 Å². The van der Waals surface area contributed by atoms with Gasteiger partial charge in [0.1, 0.15) is 11.7 Å². The Morgan fingerprint density at radius 2 is 2.00 bits per heavy atom. The van der Waals surface area contributed by atoms with Gasteiger partial charge in [-0.3, -0.25) is 9.59 Å². The average molecular weight is 324 g/mol. The molecule has 0 unspecified atom stereocenters. The second-order valence-corrected chi connectivity index (χ2v) is 5.74. The van der Waals surface area contributed by atoms with Crippen molar-refractivity contribution in [3.05, 3.63) is 60.2 Å². The third-order valence-corrected chi connectivity index (χ3v) is 4.19. The molecule has 2 aromatic rings. The van der Waals surface area contributed by atoms with Crippen molar-refractivity contribution in [3.63, 3.8) is 0 Å². The number of amides is 2. The van der Waals surface area contributed by atoms with E-state index in [0.717, 1.165) is 17.0 Å². The maximum absolute atomic E-state index is 12.5. The zero-order valence-corrected chi connectivity index (χ0v) is 13.6. The number of nitrogens with zero attached hydrogens (tertiary/aromatic N) is 1. The zero-order valence-electron chi connectivity index (χ0n) is 13.6. The van der Waals surface area contributed by atoms with E-state index in [1.54, 1.807) is 12.0 Å². The first-order chi connectivity index (χ1) is 11.7. The van der Waals surface area contributed by atoms with Crippen LogP contribution in [-0.2, 0) is 16.1 Å². The van der Waals surface area contributed by atoms with Crippen LogP contribution in [0.25, 0.3) is 0 Å². The standard InChI is InChI=1S/C19H20N2O3/c1-24-16-9-5-6-14(12-16)13-20-18(22)17-10-11-21(19(17)23)15-7-3-2-4-8-15/h2-9,12,17H,10-11,13H2,1H3,(H,20,22)/t17-/m1/s1. The number of rotatable bonds is 5. The fourth-order valence-corrected chi connectivity index (χ4v) is 2.88. The summed E-state index contributed by atoms with van der Waals surface area (Å²) in [5, 5.41) is 2.85. The molecule has 0 saturated carbocycles. The number of methoxy groups -OCH3 is 1. The summed E-state index contributed by atoms with van der Waals surface area (Å²) >= 11 is 0. The predicted molar refractivity (Wildman–Crippen MR) is 91.7 cm³/mol. The van der Waals surface area contributed by atoms with Crippen LogP contribution in [0.2, 0.25) is 0 Å². The van der Waals surface area contributed by atoms with Crippen molar-refractivity contribution in [2.24, 2.45) is 5.92 Å². The van der Waals surface area contributed by atoms with Crippen LogP contribution in [0.3, 0.4) is 0 Å². The fourth-order valence-electron chi connectivity index (χ4n) is 2.88. The quantitative estimate of drug-likeness (QED) is 0.859. The van der Waals surface area contributed by atoms with Gasteiger partial charge in [-0.05, 0) is 36.2 Å². The van der Waals surface area contributed by atoms with Gasteiger partial charge in [0.25, 0.3) is 0 Å². The molecule has 3 rings (SSSR count). The van der Waals surface area contributed by atoms with Gasteiger partial charge in [0.05, 0.1) is 7.11 Å². The van der Waals surface area contributed by atoms with E-state index in [0.29, 0.717) is 19.5 Å². The Kier molecular flexibility index (Phi) is 4.79. The number of ether oxygens (including phenoxy) is 1. The lowest BCUT2D eigenvalue weighted by Gasteiger charge is -2.16. The van der Waals surface area contributed by atoms with E-state index in [1.165, 1.54) is 0 Å². The van der Waals surface area contributed by atoms with Crippen LogP contribution in [0.15, 0.2) is 54.6 Å². The van der Waals surface area contributed by atoms with Gasteiger partial charge in [-0.1, -0.05) is 30.3 Å². The summed E-state index contributed by atoms with van der Waals surface area (Å²) in [6.07, 6.45) is 0.539. The Balaban J connectivity index is 1.60. The topological polar surface area (TPSA) is 58.6 Å². The minimum Gasteiger partial charge on any atom is -0.497 e. The van der Waals surface area contributed by atoms with Crippen molar-refractivity contribution in [2.45, 2.75) is 13.0 Å². The lowest BCUT2D eigenvalue weighted by Crippen LogP contribution is -2.36. The number of hydrogen-bond donors (Lipinski definition) is 1. The second kappa shape index (κ2) is 7.17. The number of para-hydroxylation sites is 1. The number of nitrogens with one attached hydrogen (secondary N) is 1. The molecular weight excluding hydrogens is 304 g/mol. The molecule has 2 aromatic carbocycles. The Morgan fingerprint density at radius 3 is 2.75 bits per heavy atom. The number of anilines is 1. The van der Waals surface area contributed by atoms with Gasteiger partial charge in [0.15, 0.2) is 0 Å². The fraction of sp³-hybridized carbons (Fsp3) is 0.263. The van der Waals surface area contributed by atoms with Crippen LogP contribution in [0.1, 0.15) is 12.0 Å². The molecule has 5 heteroatoms. The van der Waals surface area contributed by atoms with Gasteiger partial charge in [-0.2, -0.15) is 0 Å². The predicted octanol–water partition coefficient (Wildman–Crippen LogP) is 2.36. The van der Waals surface area contributed by atoms with Crippen LogP contribution in [0, 0.1) is 5.92 Å². The average Bonchev–Trinajstić information content (AvgIpc) is 3.02. The van der Waals surface area contributed by atoms with Gasteiger partial charge >= 0.3 is 0 Å². The minimum atomic E-state index is -0.615. The van der Waals surface area contributed by atoms with Crippen LogP contribution >= 0.6 is 0 Å². The highest BCUT2D eigenvalue weighted by Crippen LogP contribution is 2.25. The number of carbonyl (C=O) groups excluding carboxylic acids is 2. The number of hydrogen-bond acceptors (Lipinski definition) is 3. The molecule has 1 N–H and O–H groups in total. The molecule has 1 saturated heterocycles. The van der Waals surface area contributed by atoms with Gasteiger partial charge in [0, 0.05) is 18.8 Å². The van der Waals surface area contributed by atoms with Crippen LogP contribution < -0.4 is 15.0 Å². The molecule has 1 heterocycles. The molecule has 0 radical (unpaired) electrons. The van der Waals surface area contributed by atoms with Crippen molar-refractivity contribution in [1.29, 1.82) is 0 Å². The van der Waals surface area contributed by atoms with Crippen LogP contribution in [0.5, 0.6) is 5.75 Å². The van der Waals surface area contributed by atoms with Crippen molar-refractivity contribution < 1.29 is 14.3 Å². The Labute approximate surface area is 141 Å². The summed E-state index contributed by atoms with van der Waals surface area (Å²) in [6, 6.07) is 17.0. The molecule has 1 fully saturated rings. The molecule has 1 atom stereocenters. The largest absolute Gasteiger partial charge is 0.497 e. The first-order valence-electron chi connectivity index (χ1n) is 7.96. The Bertz CT molecular complexity index is 730. The maximum Gasteiger partial charge on any atom is 0.239 e. The van der Waals surface area contributed by atoms with Gasteiger partial charge in [0.2, 0.25) is 11.8 Å². The molecule has 2 amide bonds. The molecule has 0 bridgehead atoms. The highest BCUT2D eigenvalue weighted by Gasteiger charge is 2.37. The maximum atomic E-state index is 12.5. The van der Waals surface area contributed by atoms with Crippen LogP contribution in [0.4, 0.5) is 5.69 Å². The van der Waals surface area contributed by atoms with Gasteiger partial charge < -0.3 is 15.0 Å². The van der Waals surface area contributed by atoms with Crippen molar-refractivity contribution in [3.8, 4) is 5.75 Å². The summed E-state index contributed by atoms with van der Waals surface area (Å²) in [6.45, 7) is 0.950. The lowest BCUT2D eigenvalue weighted by molar-refractivity contribution is -0.132. The first kappa shape index (κ1) is 16.1.